The molecular formula is C10H20N2OS. The van der Waals surface area contributed by atoms with Gasteiger partial charge in [0.25, 0.3) is 0 Å². The fourth-order valence-electron chi connectivity index (χ4n) is 1.52. The molecule has 82 valence electrons. The molecule has 1 fully saturated rings. The van der Waals surface area contributed by atoms with Gasteiger partial charge in [0.1, 0.15) is 0 Å². The van der Waals surface area contributed by atoms with Gasteiger partial charge in [-0.05, 0) is 37.9 Å². The molecule has 0 spiro atoms. The summed E-state index contributed by atoms with van der Waals surface area (Å²) < 4.78 is 5.38. The van der Waals surface area contributed by atoms with Crippen molar-refractivity contribution in [1.29, 1.82) is 0 Å². The van der Waals surface area contributed by atoms with E-state index in [1.54, 1.807) is 0 Å². The van der Waals surface area contributed by atoms with Crippen LogP contribution in [-0.2, 0) is 4.74 Å². The number of hydrogen-bond acceptors (Lipinski definition) is 2. The number of rotatable bonds is 3. The van der Waals surface area contributed by atoms with Crippen molar-refractivity contribution < 1.29 is 4.74 Å². The minimum absolute atomic E-state index is 0.495. The summed E-state index contributed by atoms with van der Waals surface area (Å²) in [4.78, 5) is 0. The summed E-state index contributed by atoms with van der Waals surface area (Å²) in [5.74, 6) is 0. The maximum atomic E-state index is 5.38. The molecule has 0 amide bonds. The summed E-state index contributed by atoms with van der Waals surface area (Å²) in [6, 6.07) is 0.495. The van der Waals surface area contributed by atoms with Crippen LogP contribution in [0.1, 0.15) is 32.6 Å². The Labute approximate surface area is 91.6 Å². The maximum absolute atomic E-state index is 5.38. The van der Waals surface area contributed by atoms with Crippen molar-refractivity contribution in [3.05, 3.63) is 0 Å². The highest BCUT2D eigenvalue weighted by Crippen LogP contribution is 2.07. The highest BCUT2D eigenvalue weighted by molar-refractivity contribution is 7.80. The maximum Gasteiger partial charge on any atom is 0.166 e. The average Bonchev–Trinajstić information content (AvgIpc) is 2.43. The Balaban J connectivity index is 2.17. The highest BCUT2D eigenvalue weighted by Gasteiger charge is 2.12. The van der Waals surface area contributed by atoms with Crippen LogP contribution >= 0.6 is 12.2 Å². The third kappa shape index (κ3) is 4.77. The summed E-state index contributed by atoms with van der Waals surface area (Å²) in [5, 5.41) is 7.30. The molecule has 3 nitrogen and oxygen atoms in total. The van der Waals surface area contributed by atoms with E-state index in [-0.39, 0.29) is 0 Å². The second-order valence-corrected chi connectivity index (χ2v) is 4.05. The molecule has 1 saturated heterocycles. The van der Waals surface area contributed by atoms with Gasteiger partial charge in [0.15, 0.2) is 5.11 Å². The van der Waals surface area contributed by atoms with E-state index in [0.717, 1.165) is 50.6 Å². The zero-order valence-corrected chi connectivity index (χ0v) is 9.66. The van der Waals surface area contributed by atoms with E-state index >= 15 is 0 Å². The van der Waals surface area contributed by atoms with Crippen molar-refractivity contribution in [2.45, 2.75) is 38.6 Å². The number of hydrogen-bond donors (Lipinski definition) is 2. The first kappa shape index (κ1) is 11.7. The third-order valence-electron chi connectivity index (χ3n) is 2.32. The fourth-order valence-corrected chi connectivity index (χ4v) is 1.79. The van der Waals surface area contributed by atoms with E-state index in [1.165, 1.54) is 0 Å². The quantitative estimate of drug-likeness (QED) is 0.699. The van der Waals surface area contributed by atoms with Crippen molar-refractivity contribution in [1.82, 2.24) is 10.6 Å². The summed E-state index contributed by atoms with van der Waals surface area (Å²) >= 11 is 5.18. The van der Waals surface area contributed by atoms with Crippen LogP contribution in [0.3, 0.4) is 0 Å². The van der Waals surface area contributed by atoms with E-state index in [9.17, 15) is 0 Å². The lowest BCUT2D eigenvalue weighted by Crippen LogP contribution is -2.42. The van der Waals surface area contributed by atoms with Gasteiger partial charge in [-0.3, -0.25) is 0 Å². The minimum atomic E-state index is 0.495. The van der Waals surface area contributed by atoms with Gasteiger partial charge in [0.05, 0.1) is 0 Å². The van der Waals surface area contributed by atoms with Gasteiger partial charge < -0.3 is 15.4 Å². The molecule has 1 atom stereocenters. The van der Waals surface area contributed by atoms with Gasteiger partial charge in [-0.2, -0.15) is 0 Å². The van der Waals surface area contributed by atoms with Gasteiger partial charge >= 0.3 is 0 Å². The van der Waals surface area contributed by atoms with Crippen LogP contribution in [0.2, 0.25) is 0 Å². The van der Waals surface area contributed by atoms with Crippen LogP contribution in [-0.4, -0.2) is 30.9 Å². The topological polar surface area (TPSA) is 33.3 Å². The molecule has 0 radical (unpaired) electrons. The lowest BCUT2D eigenvalue weighted by molar-refractivity contribution is 0.143. The Morgan fingerprint density at radius 3 is 3.07 bits per heavy atom. The zero-order chi connectivity index (χ0) is 10.2. The molecule has 0 aliphatic carbocycles. The molecule has 2 N–H and O–H groups in total. The highest BCUT2D eigenvalue weighted by atomic mass is 32.1. The molecule has 0 aromatic heterocycles. The number of ether oxygens (including phenoxy) is 1. The Morgan fingerprint density at radius 1 is 1.43 bits per heavy atom. The molecule has 1 aliphatic heterocycles. The normalized spacial score (nSPS) is 22.5. The van der Waals surface area contributed by atoms with Gasteiger partial charge in [-0.1, -0.05) is 6.92 Å². The molecule has 0 saturated carbocycles. The van der Waals surface area contributed by atoms with E-state index in [1.807, 2.05) is 0 Å². The Bertz CT molecular complexity index is 168. The van der Waals surface area contributed by atoms with Crippen LogP contribution in [0.15, 0.2) is 0 Å². The largest absolute Gasteiger partial charge is 0.381 e. The van der Waals surface area contributed by atoms with E-state index < -0.39 is 0 Å². The van der Waals surface area contributed by atoms with Gasteiger partial charge in [-0.15, -0.1) is 0 Å². The predicted octanol–water partition coefficient (Wildman–Crippen LogP) is 1.43. The first-order valence-electron chi connectivity index (χ1n) is 5.45. The molecule has 1 heterocycles. The van der Waals surface area contributed by atoms with E-state index in [0.29, 0.717) is 6.04 Å². The molecule has 1 rings (SSSR count). The van der Waals surface area contributed by atoms with Gasteiger partial charge in [-0.25, -0.2) is 0 Å². The second kappa shape index (κ2) is 7.01. The Kier molecular flexibility index (Phi) is 5.87. The van der Waals surface area contributed by atoms with Crippen molar-refractivity contribution in [2.24, 2.45) is 0 Å². The smallest absolute Gasteiger partial charge is 0.166 e. The van der Waals surface area contributed by atoms with Crippen molar-refractivity contribution in [3.63, 3.8) is 0 Å². The molecule has 0 aromatic carbocycles. The van der Waals surface area contributed by atoms with Crippen LogP contribution in [0.25, 0.3) is 0 Å². The molecular weight excluding hydrogens is 196 g/mol. The lowest BCUT2D eigenvalue weighted by Gasteiger charge is -2.18. The van der Waals surface area contributed by atoms with E-state index in [2.05, 4.69) is 17.6 Å². The molecule has 1 unspecified atom stereocenters. The van der Waals surface area contributed by atoms with Crippen LogP contribution < -0.4 is 10.6 Å². The lowest BCUT2D eigenvalue weighted by atomic mass is 10.1. The van der Waals surface area contributed by atoms with Gasteiger partial charge in [0, 0.05) is 25.8 Å². The first-order valence-corrected chi connectivity index (χ1v) is 5.86. The molecule has 4 heteroatoms. The SMILES string of the molecule is CCCNC(=S)NC1CCCOCC1. The summed E-state index contributed by atoms with van der Waals surface area (Å²) in [6.07, 6.45) is 4.46. The molecule has 14 heavy (non-hydrogen) atoms. The number of thiocarbonyl (C=S) groups is 1. The number of nitrogens with one attached hydrogen (secondary N) is 2. The Hall–Kier alpha value is -0.350. The fraction of sp³-hybridized carbons (Fsp3) is 0.900. The minimum Gasteiger partial charge on any atom is -0.381 e. The first-order chi connectivity index (χ1) is 6.83. The standard InChI is InChI=1S/C10H20N2OS/c1-2-6-11-10(14)12-9-4-3-7-13-8-5-9/h9H,2-8H2,1H3,(H2,11,12,14). The summed E-state index contributed by atoms with van der Waals surface area (Å²) in [6.45, 7) is 4.84. The molecule has 0 bridgehead atoms. The van der Waals surface area contributed by atoms with Crippen LogP contribution in [0.5, 0.6) is 0 Å². The van der Waals surface area contributed by atoms with Gasteiger partial charge in [0.2, 0.25) is 0 Å². The third-order valence-corrected chi connectivity index (χ3v) is 2.58. The predicted molar refractivity (Wildman–Crippen MR) is 62.5 cm³/mol. The summed E-state index contributed by atoms with van der Waals surface area (Å²) in [5.41, 5.74) is 0. The van der Waals surface area contributed by atoms with Crippen molar-refractivity contribution in [3.8, 4) is 0 Å². The van der Waals surface area contributed by atoms with Crippen molar-refractivity contribution in [2.75, 3.05) is 19.8 Å². The van der Waals surface area contributed by atoms with E-state index in [4.69, 9.17) is 17.0 Å². The monoisotopic (exact) mass is 216 g/mol. The van der Waals surface area contributed by atoms with Crippen molar-refractivity contribution >= 4 is 17.3 Å². The summed E-state index contributed by atoms with van der Waals surface area (Å²) in [7, 11) is 0. The molecule has 1 aliphatic rings. The zero-order valence-electron chi connectivity index (χ0n) is 8.84. The van der Waals surface area contributed by atoms with Crippen LogP contribution in [0, 0.1) is 0 Å². The second-order valence-electron chi connectivity index (χ2n) is 3.64. The average molecular weight is 216 g/mol. The molecule has 0 aromatic rings. The Morgan fingerprint density at radius 2 is 2.29 bits per heavy atom. The van der Waals surface area contributed by atoms with Crippen LogP contribution in [0.4, 0.5) is 0 Å².